The minimum absolute atomic E-state index is 0.0539. The van der Waals surface area contributed by atoms with Gasteiger partial charge in [0, 0.05) is 24.9 Å². The van der Waals surface area contributed by atoms with Crippen LogP contribution in [0.25, 0.3) is 0 Å². The first-order valence-corrected chi connectivity index (χ1v) is 6.09. The van der Waals surface area contributed by atoms with E-state index in [1.54, 1.807) is 18.5 Å². The van der Waals surface area contributed by atoms with Gasteiger partial charge in [-0.15, -0.1) is 10.2 Å². The second-order valence-electron chi connectivity index (χ2n) is 4.52. The summed E-state index contributed by atoms with van der Waals surface area (Å²) in [6, 6.07) is 3.32. The smallest absolute Gasteiger partial charge is 0.270 e. The van der Waals surface area contributed by atoms with E-state index in [1.165, 1.54) is 18.5 Å². The van der Waals surface area contributed by atoms with Gasteiger partial charge in [-0.2, -0.15) is 0 Å². The first kappa shape index (κ1) is 14.4. The third kappa shape index (κ3) is 2.96. The molecule has 0 bridgehead atoms. The predicted octanol–water partition coefficient (Wildman–Crippen LogP) is 0.796. The zero-order valence-electron chi connectivity index (χ0n) is 11.5. The van der Waals surface area contributed by atoms with Gasteiger partial charge in [0.15, 0.2) is 5.82 Å². The molecule has 2 aromatic rings. The van der Waals surface area contributed by atoms with Crippen molar-refractivity contribution in [1.82, 2.24) is 20.1 Å². The van der Waals surface area contributed by atoms with Gasteiger partial charge in [-0.3, -0.25) is 14.9 Å². The fourth-order valence-electron chi connectivity index (χ4n) is 1.88. The number of rotatable bonds is 4. The molecule has 3 N–H and O–H groups in total. The number of nitrogens with one attached hydrogen (secondary N) is 1. The number of nitrogens with zero attached hydrogens (tertiary/aromatic N) is 4. The van der Waals surface area contributed by atoms with Crippen LogP contribution in [-0.2, 0) is 7.05 Å². The molecule has 1 unspecified atom stereocenters. The van der Waals surface area contributed by atoms with Gasteiger partial charge < -0.3 is 15.6 Å². The Hall–Kier alpha value is -2.97. The van der Waals surface area contributed by atoms with Gasteiger partial charge in [-0.05, 0) is 13.0 Å². The molecule has 1 amide bonds. The van der Waals surface area contributed by atoms with Crippen molar-refractivity contribution in [2.45, 2.75) is 13.0 Å². The van der Waals surface area contributed by atoms with Gasteiger partial charge in [0.1, 0.15) is 6.33 Å². The number of benzene rings is 1. The molecule has 0 aliphatic heterocycles. The van der Waals surface area contributed by atoms with E-state index in [0.717, 1.165) is 6.07 Å². The summed E-state index contributed by atoms with van der Waals surface area (Å²) in [7, 11) is 1.75. The van der Waals surface area contributed by atoms with Crippen LogP contribution in [0, 0.1) is 10.1 Å². The van der Waals surface area contributed by atoms with E-state index < -0.39 is 16.9 Å². The number of hydrogen-bond acceptors (Lipinski definition) is 6. The number of amides is 1. The number of nitrogen functional groups attached to an aromatic ring is 1. The first-order chi connectivity index (χ1) is 9.90. The molecule has 1 aromatic carbocycles. The second kappa shape index (κ2) is 5.57. The van der Waals surface area contributed by atoms with E-state index in [1.807, 2.05) is 0 Å². The summed E-state index contributed by atoms with van der Waals surface area (Å²) in [6.07, 6.45) is 1.51. The lowest BCUT2D eigenvalue weighted by atomic mass is 10.1. The fourth-order valence-corrected chi connectivity index (χ4v) is 1.88. The molecular weight excluding hydrogens is 276 g/mol. The maximum Gasteiger partial charge on any atom is 0.270 e. The van der Waals surface area contributed by atoms with E-state index in [2.05, 4.69) is 15.5 Å². The molecule has 0 saturated heterocycles. The maximum absolute atomic E-state index is 12.2. The lowest BCUT2D eigenvalue weighted by Gasteiger charge is -2.13. The fraction of sp³-hybridized carbons (Fsp3) is 0.250. The normalized spacial score (nSPS) is 11.9. The number of anilines is 1. The molecule has 0 radical (unpaired) electrons. The summed E-state index contributed by atoms with van der Waals surface area (Å²) < 4.78 is 1.67. The van der Waals surface area contributed by atoms with Gasteiger partial charge in [-0.1, -0.05) is 0 Å². The molecule has 0 fully saturated rings. The van der Waals surface area contributed by atoms with Gasteiger partial charge in [-0.25, -0.2) is 0 Å². The number of aromatic nitrogens is 3. The van der Waals surface area contributed by atoms with Crippen molar-refractivity contribution in [3.8, 4) is 0 Å². The van der Waals surface area contributed by atoms with E-state index in [-0.39, 0.29) is 16.9 Å². The molecule has 21 heavy (non-hydrogen) atoms. The summed E-state index contributed by atoms with van der Waals surface area (Å²) in [6.45, 7) is 1.73. The molecule has 0 aliphatic rings. The maximum atomic E-state index is 12.2. The largest absolute Gasteiger partial charge is 0.398 e. The summed E-state index contributed by atoms with van der Waals surface area (Å²) in [5.41, 5.74) is 5.73. The Morgan fingerprint density at radius 1 is 1.52 bits per heavy atom. The van der Waals surface area contributed by atoms with Gasteiger partial charge in [0.05, 0.1) is 16.5 Å². The van der Waals surface area contributed by atoms with Crippen LogP contribution in [0.3, 0.4) is 0 Å². The Kier molecular flexibility index (Phi) is 3.83. The van der Waals surface area contributed by atoms with Crippen LogP contribution in [0.5, 0.6) is 0 Å². The van der Waals surface area contributed by atoms with E-state index in [9.17, 15) is 14.9 Å². The standard InChI is InChI=1S/C12H14N6O3/c1-7(11-16-14-6-17(11)2)15-12(19)9-5-8(18(20)21)3-4-10(9)13/h3-7H,13H2,1-2H3,(H,15,19). The van der Waals surface area contributed by atoms with Crippen LogP contribution in [0.2, 0.25) is 0 Å². The van der Waals surface area contributed by atoms with Crippen molar-refractivity contribution in [3.63, 3.8) is 0 Å². The zero-order chi connectivity index (χ0) is 15.6. The number of aryl methyl sites for hydroxylation is 1. The third-order valence-corrected chi connectivity index (χ3v) is 2.97. The SMILES string of the molecule is CC(NC(=O)c1cc([N+](=O)[O-])ccc1N)c1nncn1C. The molecule has 9 heteroatoms. The average Bonchev–Trinajstić information content (AvgIpc) is 2.85. The Labute approximate surface area is 119 Å². The molecule has 1 aromatic heterocycles. The summed E-state index contributed by atoms with van der Waals surface area (Å²) in [5.74, 6) is 0.0547. The molecular formula is C12H14N6O3. The topological polar surface area (TPSA) is 129 Å². The van der Waals surface area contributed by atoms with Gasteiger partial charge in [0.25, 0.3) is 11.6 Å². The Morgan fingerprint density at radius 2 is 2.24 bits per heavy atom. The highest BCUT2D eigenvalue weighted by atomic mass is 16.6. The lowest BCUT2D eigenvalue weighted by molar-refractivity contribution is -0.384. The molecule has 1 atom stereocenters. The predicted molar refractivity (Wildman–Crippen MR) is 74.4 cm³/mol. The number of nitro groups is 1. The van der Waals surface area contributed by atoms with Crippen LogP contribution >= 0.6 is 0 Å². The molecule has 9 nitrogen and oxygen atoms in total. The molecule has 110 valence electrons. The van der Waals surface area contributed by atoms with Crippen LogP contribution in [0.1, 0.15) is 29.1 Å². The Balaban J connectivity index is 2.22. The number of carbonyl (C=O) groups excluding carboxylic acids is 1. The second-order valence-corrected chi connectivity index (χ2v) is 4.52. The highest BCUT2D eigenvalue weighted by Gasteiger charge is 2.19. The molecule has 1 heterocycles. The average molecular weight is 290 g/mol. The number of nitro benzene ring substituents is 1. The molecule has 2 rings (SSSR count). The zero-order valence-corrected chi connectivity index (χ0v) is 11.5. The van der Waals surface area contributed by atoms with Crippen molar-refractivity contribution in [1.29, 1.82) is 0 Å². The summed E-state index contributed by atoms with van der Waals surface area (Å²) >= 11 is 0. The van der Waals surface area contributed by atoms with Crippen LogP contribution in [-0.4, -0.2) is 25.6 Å². The van der Waals surface area contributed by atoms with Crippen LogP contribution in [0.15, 0.2) is 24.5 Å². The van der Waals surface area contributed by atoms with Crippen LogP contribution in [0.4, 0.5) is 11.4 Å². The van der Waals surface area contributed by atoms with Crippen molar-refractivity contribution in [2.75, 3.05) is 5.73 Å². The molecule has 0 saturated carbocycles. The minimum atomic E-state index is -0.581. The van der Waals surface area contributed by atoms with Crippen molar-refractivity contribution in [3.05, 3.63) is 46.0 Å². The highest BCUT2D eigenvalue weighted by molar-refractivity contribution is 5.99. The lowest BCUT2D eigenvalue weighted by Crippen LogP contribution is -2.29. The van der Waals surface area contributed by atoms with Crippen molar-refractivity contribution >= 4 is 17.3 Å². The summed E-state index contributed by atoms with van der Waals surface area (Å²) in [5, 5.41) is 21.0. The van der Waals surface area contributed by atoms with Crippen LogP contribution < -0.4 is 11.1 Å². The minimum Gasteiger partial charge on any atom is -0.398 e. The van der Waals surface area contributed by atoms with E-state index in [0.29, 0.717) is 5.82 Å². The first-order valence-electron chi connectivity index (χ1n) is 6.09. The van der Waals surface area contributed by atoms with Crippen molar-refractivity contribution < 1.29 is 9.72 Å². The Bertz CT molecular complexity index is 696. The van der Waals surface area contributed by atoms with E-state index >= 15 is 0 Å². The van der Waals surface area contributed by atoms with Crippen molar-refractivity contribution in [2.24, 2.45) is 7.05 Å². The number of hydrogen-bond donors (Lipinski definition) is 2. The molecule has 0 spiro atoms. The monoisotopic (exact) mass is 290 g/mol. The molecule has 0 aliphatic carbocycles. The third-order valence-electron chi connectivity index (χ3n) is 2.97. The Morgan fingerprint density at radius 3 is 2.81 bits per heavy atom. The number of nitrogens with two attached hydrogens (primary N) is 1. The van der Waals surface area contributed by atoms with Gasteiger partial charge >= 0.3 is 0 Å². The van der Waals surface area contributed by atoms with E-state index in [4.69, 9.17) is 5.73 Å². The highest BCUT2D eigenvalue weighted by Crippen LogP contribution is 2.20. The number of carbonyl (C=O) groups is 1. The van der Waals surface area contributed by atoms with Gasteiger partial charge in [0.2, 0.25) is 0 Å². The summed E-state index contributed by atoms with van der Waals surface area (Å²) in [4.78, 5) is 22.4. The number of non-ortho nitro benzene ring substituents is 1. The quantitative estimate of drug-likeness (QED) is 0.486.